The quantitative estimate of drug-likeness (QED) is 0.0650. The summed E-state index contributed by atoms with van der Waals surface area (Å²) in [5.41, 5.74) is 17.1. The van der Waals surface area contributed by atoms with E-state index in [9.17, 15) is 49.2 Å². The number of ketones is 3. The van der Waals surface area contributed by atoms with Gasteiger partial charge in [-0.25, -0.2) is 9.59 Å². The molecule has 4 aromatic carbocycles. The van der Waals surface area contributed by atoms with Crippen LogP contribution in [-0.4, -0.2) is 81.7 Å². The molecule has 87 heavy (non-hydrogen) atoms. The average Bonchev–Trinajstić information content (AvgIpc) is 1.76. The third-order valence-corrected chi connectivity index (χ3v) is 21.5. The number of carbonyl (C=O) groups excluding carboxylic acids is 5. The molecular weight excluding hydrogens is 1180 g/mol. The predicted octanol–water partition coefficient (Wildman–Crippen LogP) is 10.9. The summed E-state index contributed by atoms with van der Waals surface area (Å²) in [5, 5.41) is 1.92. The second kappa shape index (κ2) is 24.9. The normalized spacial score (nSPS) is 27.5. The first-order valence-corrected chi connectivity index (χ1v) is 33.8. The monoisotopic (exact) mass is 1260 g/mol. The fourth-order valence-corrected chi connectivity index (χ4v) is 17.2. The molecule has 12 rings (SSSR count). The summed E-state index contributed by atoms with van der Waals surface area (Å²) in [4.78, 5) is 57.8. The standard InChI is InChI=1S/C18H22O5S.C18H20O5S.C18H18O5S.C9H18N2O4/c3*1-18-9-8-14-13-5-3-12(23-24(20,21)22)10-11(13)2-4-15(14)16(18)6-7-17(18)19;1-3-4-9(2,5-14-7(10)12)6-15-8(11)13/h3,5,10,14-16H,2,4,6-9H2,1H3,(H,20,21,22);3-5,10,14,16H,2,6-9H2,1H3,(H,20,21,22);2-5,10,16H,6-9H2,1H3,(H,20,21,22);3-6H2,1-2H3,(H2,10,12)(H2,11,13)/t14-,15-,16+,18+;14-,16+,18+;16-,18-;/m110./s1. The zero-order chi connectivity index (χ0) is 63.2. The Balaban J connectivity index is 0.000000141. The largest absolute Gasteiger partial charge is 0.449 e. The Bertz CT molecular complexity index is 3750. The van der Waals surface area contributed by atoms with E-state index in [1.54, 1.807) is 36.4 Å². The molecule has 0 aromatic heterocycles. The summed E-state index contributed by atoms with van der Waals surface area (Å²) in [6.07, 6.45) is 15.1. The Morgan fingerprint density at radius 2 is 1.10 bits per heavy atom. The van der Waals surface area contributed by atoms with Crippen LogP contribution in [0.3, 0.4) is 0 Å². The van der Waals surface area contributed by atoms with E-state index in [-0.39, 0.29) is 52.6 Å². The molecule has 9 atom stereocenters. The van der Waals surface area contributed by atoms with Gasteiger partial charge < -0.3 is 33.5 Å². The number of ether oxygens (including phenoxy) is 2. The topological polar surface area (TPSA) is 347 Å². The molecule has 0 saturated heterocycles. The van der Waals surface area contributed by atoms with Crippen molar-refractivity contribution < 1.29 is 84.9 Å². The average molecular weight is 1260 g/mol. The number of amides is 2. The molecule has 0 spiro atoms. The van der Waals surface area contributed by atoms with Gasteiger partial charge in [-0.2, -0.15) is 25.3 Å². The minimum absolute atomic E-state index is 0.0849. The maximum atomic E-state index is 12.3. The summed E-state index contributed by atoms with van der Waals surface area (Å²) in [5.74, 6) is 3.95. The van der Waals surface area contributed by atoms with Gasteiger partial charge in [-0.15, -0.1) is 0 Å². The zero-order valence-electron chi connectivity index (χ0n) is 49.6. The Morgan fingerprint density at radius 3 is 1.70 bits per heavy atom. The predicted molar refractivity (Wildman–Crippen MR) is 320 cm³/mol. The number of allylic oxidation sites excluding steroid dienone is 2. The van der Waals surface area contributed by atoms with Crippen LogP contribution in [0.15, 0.2) is 78.4 Å². The molecule has 5 fully saturated rings. The van der Waals surface area contributed by atoms with Crippen molar-refractivity contribution in [1.82, 2.24) is 0 Å². The number of primary amides is 2. The highest BCUT2D eigenvalue weighted by Gasteiger charge is 2.55. The van der Waals surface area contributed by atoms with Gasteiger partial charge in [0.05, 0.1) is 0 Å². The van der Waals surface area contributed by atoms with Crippen molar-refractivity contribution in [3.05, 3.63) is 112 Å². The Morgan fingerprint density at radius 1 is 0.586 bits per heavy atom. The van der Waals surface area contributed by atoms with E-state index in [0.717, 1.165) is 112 Å². The first-order chi connectivity index (χ1) is 40.7. The molecule has 2 amide bonds. The van der Waals surface area contributed by atoms with Crippen molar-refractivity contribution in [2.24, 2.45) is 50.9 Å². The van der Waals surface area contributed by atoms with Gasteiger partial charge in [0.25, 0.3) is 0 Å². The van der Waals surface area contributed by atoms with E-state index in [1.807, 2.05) is 38.1 Å². The van der Waals surface area contributed by atoms with Crippen LogP contribution in [-0.2, 0) is 74.3 Å². The third-order valence-electron chi connectivity index (χ3n) is 20.3. The van der Waals surface area contributed by atoms with Crippen LogP contribution >= 0.6 is 0 Å². The minimum Gasteiger partial charge on any atom is -0.449 e. The van der Waals surface area contributed by atoms with Crippen LogP contribution < -0.4 is 24.0 Å². The number of hydrogen-bond acceptors (Lipinski definition) is 16. The molecular formula is C63H78N2O19S3. The van der Waals surface area contributed by atoms with Crippen LogP contribution in [0.25, 0.3) is 10.8 Å². The summed E-state index contributed by atoms with van der Waals surface area (Å²) >= 11 is 0. The van der Waals surface area contributed by atoms with Crippen molar-refractivity contribution in [1.29, 1.82) is 0 Å². The van der Waals surface area contributed by atoms with Crippen LogP contribution in [0.2, 0.25) is 0 Å². The Kier molecular flexibility index (Phi) is 18.6. The third kappa shape index (κ3) is 14.2. The highest BCUT2D eigenvalue weighted by atomic mass is 32.3. The number of aryl methyl sites for hydroxylation is 2. The fourth-order valence-electron chi connectivity index (χ4n) is 16.1. The second-order valence-electron chi connectivity index (χ2n) is 25.7. The lowest BCUT2D eigenvalue weighted by atomic mass is 9.55. The molecule has 0 aliphatic heterocycles. The maximum absolute atomic E-state index is 12.3. The zero-order valence-corrected chi connectivity index (χ0v) is 52.0. The van der Waals surface area contributed by atoms with E-state index in [2.05, 4.69) is 45.5 Å². The SMILES string of the molecule is CCCC(C)(COC(N)=O)COC(N)=O.C[C@]12CC[C@@H]3c4ccc(OS(=O)(=O)O)cc4CC[C@H]3[C@@H]1CCC2=O.C[C@]12CC[C@H]3C(=CCc4cc(OS(=O)(=O)O)ccc43)[C@@H]1CCC2=O.C[C@]12CCc3c(ccc4cc(OS(=O)(=O)O)ccc34)[C@@H]1CCC2=O. The first-order valence-electron chi connectivity index (χ1n) is 29.7. The molecule has 24 heteroatoms. The van der Waals surface area contributed by atoms with E-state index in [1.165, 1.54) is 27.8 Å². The Hall–Kier alpha value is -6.44. The van der Waals surface area contributed by atoms with E-state index < -0.39 is 48.8 Å². The van der Waals surface area contributed by atoms with Crippen molar-refractivity contribution in [2.75, 3.05) is 13.2 Å². The van der Waals surface area contributed by atoms with E-state index in [4.69, 9.17) is 34.6 Å². The van der Waals surface area contributed by atoms with Gasteiger partial charge in [0.15, 0.2) is 0 Å². The van der Waals surface area contributed by atoms with Crippen molar-refractivity contribution in [3.63, 3.8) is 0 Å². The molecule has 0 radical (unpaired) electrons. The molecule has 7 N–H and O–H groups in total. The molecule has 5 saturated carbocycles. The van der Waals surface area contributed by atoms with E-state index in [0.29, 0.717) is 66.2 Å². The fraction of sp³-hybridized carbons (Fsp3) is 0.540. The first kappa shape index (κ1) is 65.0. The molecule has 8 aliphatic rings. The highest BCUT2D eigenvalue weighted by molar-refractivity contribution is 7.81. The Labute approximate surface area is 508 Å². The number of benzene rings is 4. The number of hydrogen-bond donors (Lipinski definition) is 5. The molecule has 8 aliphatic carbocycles. The van der Waals surface area contributed by atoms with Gasteiger partial charge >= 0.3 is 43.4 Å². The lowest BCUT2D eigenvalue weighted by molar-refractivity contribution is -0.129. The lowest BCUT2D eigenvalue weighted by Crippen LogP contribution is -2.42. The number of fused-ring (bicyclic) bond motifs is 15. The second-order valence-corrected chi connectivity index (χ2v) is 28.8. The van der Waals surface area contributed by atoms with Crippen LogP contribution in [0.5, 0.6) is 17.2 Å². The van der Waals surface area contributed by atoms with Gasteiger partial charge in [-0.05, 0) is 194 Å². The van der Waals surface area contributed by atoms with Crippen molar-refractivity contribution >= 4 is 71.5 Å². The van der Waals surface area contributed by atoms with Gasteiger partial charge in [0.1, 0.15) is 47.8 Å². The van der Waals surface area contributed by atoms with Crippen LogP contribution in [0, 0.1) is 39.4 Å². The smallest absolute Gasteiger partial charge is 0.446 e. The number of Topliss-reactive ketones (excluding diaryl/α,β-unsaturated/α-hetero) is 3. The number of carbonyl (C=O) groups is 5. The highest BCUT2D eigenvalue weighted by Crippen LogP contribution is 2.61. The van der Waals surface area contributed by atoms with Crippen LogP contribution in [0.4, 0.5) is 9.59 Å². The van der Waals surface area contributed by atoms with E-state index >= 15 is 0 Å². The number of nitrogens with two attached hydrogens (primary N) is 2. The van der Waals surface area contributed by atoms with Crippen molar-refractivity contribution in [2.45, 2.75) is 162 Å². The molecule has 0 unspecified atom stereocenters. The van der Waals surface area contributed by atoms with Gasteiger partial charge in [-0.3, -0.25) is 28.0 Å². The molecule has 472 valence electrons. The molecule has 21 nitrogen and oxygen atoms in total. The summed E-state index contributed by atoms with van der Waals surface area (Å²) in [6, 6.07) is 19.4. The lowest BCUT2D eigenvalue weighted by Gasteiger charge is -2.48. The van der Waals surface area contributed by atoms with Gasteiger partial charge in [-0.1, -0.05) is 83.0 Å². The summed E-state index contributed by atoms with van der Waals surface area (Å²) in [7, 11) is -13.5. The molecule has 0 bridgehead atoms. The maximum Gasteiger partial charge on any atom is 0.446 e. The number of rotatable bonds is 12. The van der Waals surface area contributed by atoms with Gasteiger partial charge in [0.2, 0.25) is 0 Å². The molecule has 4 aromatic rings. The summed E-state index contributed by atoms with van der Waals surface area (Å²) < 4.78 is 115. The molecule has 0 heterocycles. The van der Waals surface area contributed by atoms with Gasteiger partial charge in [0, 0.05) is 46.8 Å². The van der Waals surface area contributed by atoms with Crippen LogP contribution in [0.1, 0.15) is 176 Å². The van der Waals surface area contributed by atoms with Crippen molar-refractivity contribution in [3.8, 4) is 17.2 Å². The minimum atomic E-state index is -4.53. The summed E-state index contributed by atoms with van der Waals surface area (Å²) in [6.45, 7) is 10.4.